The summed E-state index contributed by atoms with van der Waals surface area (Å²) in [6.45, 7) is 1.81. The standard InChI is InChI=1S/C12H16FN3O/c13-9-3-5-10(6-4-9)15-12(17)16-11-2-1-7-14-8-11/h3-6,11,14H,1-2,7-8H2,(H2,15,16,17)/t11-/m0/s1. The Bertz CT molecular complexity index is 374. The van der Waals surface area contributed by atoms with Gasteiger partial charge >= 0.3 is 6.03 Å². The maximum Gasteiger partial charge on any atom is 0.319 e. The lowest BCUT2D eigenvalue weighted by molar-refractivity contribution is 0.245. The van der Waals surface area contributed by atoms with Gasteiger partial charge in [0.05, 0.1) is 0 Å². The van der Waals surface area contributed by atoms with Gasteiger partial charge in [-0.3, -0.25) is 0 Å². The van der Waals surface area contributed by atoms with E-state index in [1.54, 1.807) is 0 Å². The molecule has 0 unspecified atom stereocenters. The number of urea groups is 1. The van der Waals surface area contributed by atoms with E-state index in [-0.39, 0.29) is 17.9 Å². The summed E-state index contributed by atoms with van der Waals surface area (Å²) < 4.78 is 12.7. The van der Waals surface area contributed by atoms with E-state index in [4.69, 9.17) is 0 Å². The Labute approximate surface area is 99.6 Å². The van der Waals surface area contributed by atoms with E-state index in [2.05, 4.69) is 16.0 Å². The molecule has 1 fully saturated rings. The number of anilines is 1. The minimum atomic E-state index is -0.313. The number of piperidine rings is 1. The summed E-state index contributed by atoms with van der Waals surface area (Å²) in [5, 5.41) is 8.77. The molecule has 1 aromatic rings. The summed E-state index contributed by atoms with van der Waals surface area (Å²) in [7, 11) is 0. The predicted molar refractivity (Wildman–Crippen MR) is 64.4 cm³/mol. The molecule has 0 bridgehead atoms. The van der Waals surface area contributed by atoms with Crippen LogP contribution >= 0.6 is 0 Å². The Balaban J connectivity index is 1.82. The second kappa shape index (κ2) is 5.63. The van der Waals surface area contributed by atoms with Crippen LogP contribution in [0, 0.1) is 5.82 Å². The molecule has 1 atom stereocenters. The number of hydrogen-bond donors (Lipinski definition) is 3. The predicted octanol–water partition coefficient (Wildman–Crippen LogP) is 1.70. The van der Waals surface area contributed by atoms with Crippen molar-refractivity contribution in [3.05, 3.63) is 30.1 Å². The van der Waals surface area contributed by atoms with Crippen LogP contribution in [0.25, 0.3) is 0 Å². The number of hydrogen-bond acceptors (Lipinski definition) is 2. The van der Waals surface area contributed by atoms with E-state index in [0.717, 1.165) is 25.9 Å². The number of benzene rings is 1. The second-order valence-corrected chi connectivity index (χ2v) is 4.15. The van der Waals surface area contributed by atoms with Crippen LogP contribution in [0.3, 0.4) is 0 Å². The molecule has 2 rings (SSSR count). The van der Waals surface area contributed by atoms with Crippen molar-refractivity contribution < 1.29 is 9.18 Å². The quantitative estimate of drug-likeness (QED) is 0.733. The van der Waals surface area contributed by atoms with Crippen LogP contribution in [0.15, 0.2) is 24.3 Å². The molecule has 0 saturated carbocycles. The van der Waals surface area contributed by atoms with Gasteiger partial charge < -0.3 is 16.0 Å². The van der Waals surface area contributed by atoms with Gasteiger partial charge in [0.1, 0.15) is 5.82 Å². The third-order valence-electron chi connectivity index (χ3n) is 2.73. The highest BCUT2D eigenvalue weighted by molar-refractivity contribution is 5.89. The van der Waals surface area contributed by atoms with Crippen molar-refractivity contribution in [3.63, 3.8) is 0 Å². The first kappa shape index (κ1) is 11.9. The molecule has 3 N–H and O–H groups in total. The molecule has 1 aliphatic heterocycles. The Morgan fingerprint density at radius 3 is 2.76 bits per heavy atom. The van der Waals surface area contributed by atoms with Gasteiger partial charge in [-0.1, -0.05) is 0 Å². The first-order chi connectivity index (χ1) is 8.24. The molecular weight excluding hydrogens is 221 g/mol. The first-order valence-electron chi connectivity index (χ1n) is 5.78. The van der Waals surface area contributed by atoms with Crippen LogP contribution in [-0.4, -0.2) is 25.2 Å². The number of nitrogens with one attached hydrogen (secondary N) is 3. The lowest BCUT2D eigenvalue weighted by Gasteiger charge is -2.23. The van der Waals surface area contributed by atoms with E-state index in [1.165, 1.54) is 24.3 Å². The van der Waals surface area contributed by atoms with Gasteiger partial charge in [0.2, 0.25) is 0 Å². The van der Waals surface area contributed by atoms with Crippen molar-refractivity contribution in [1.82, 2.24) is 10.6 Å². The van der Waals surface area contributed by atoms with Crippen molar-refractivity contribution in [1.29, 1.82) is 0 Å². The molecule has 1 saturated heterocycles. The van der Waals surface area contributed by atoms with Gasteiger partial charge in [-0.2, -0.15) is 0 Å². The van der Waals surface area contributed by atoms with Gasteiger partial charge in [0.25, 0.3) is 0 Å². The van der Waals surface area contributed by atoms with Crippen LogP contribution in [0.2, 0.25) is 0 Å². The zero-order valence-corrected chi connectivity index (χ0v) is 9.50. The van der Waals surface area contributed by atoms with Crippen LogP contribution in [0.4, 0.5) is 14.9 Å². The van der Waals surface area contributed by atoms with E-state index in [1.807, 2.05) is 0 Å². The SMILES string of the molecule is O=C(Nc1ccc(F)cc1)N[C@H]1CCCNC1. The third-order valence-corrected chi connectivity index (χ3v) is 2.73. The fourth-order valence-corrected chi connectivity index (χ4v) is 1.86. The number of halogens is 1. The largest absolute Gasteiger partial charge is 0.334 e. The van der Waals surface area contributed by atoms with Gasteiger partial charge in [-0.05, 0) is 43.7 Å². The van der Waals surface area contributed by atoms with Gasteiger partial charge in [-0.25, -0.2) is 9.18 Å². The van der Waals surface area contributed by atoms with Crippen molar-refractivity contribution in [2.24, 2.45) is 0 Å². The minimum Gasteiger partial charge on any atom is -0.334 e. The molecular formula is C12H16FN3O. The van der Waals surface area contributed by atoms with Gasteiger partial charge in [-0.15, -0.1) is 0 Å². The van der Waals surface area contributed by atoms with Gasteiger partial charge in [0.15, 0.2) is 0 Å². The van der Waals surface area contributed by atoms with Crippen molar-refractivity contribution in [2.75, 3.05) is 18.4 Å². The molecule has 0 radical (unpaired) electrons. The second-order valence-electron chi connectivity index (χ2n) is 4.15. The molecule has 92 valence electrons. The summed E-state index contributed by atoms with van der Waals surface area (Å²) in [6, 6.07) is 5.63. The topological polar surface area (TPSA) is 53.2 Å². The Morgan fingerprint density at radius 2 is 2.12 bits per heavy atom. The summed E-state index contributed by atoms with van der Waals surface area (Å²) in [5.74, 6) is -0.313. The highest BCUT2D eigenvalue weighted by Gasteiger charge is 2.14. The fraction of sp³-hybridized carbons (Fsp3) is 0.417. The molecule has 1 aliphatic rings. The van der Waals surface area contributed by atoms with Crippen LogP contribution < -0.4 is 16.0 Å². The summed E-state index contributed by atoms with van der Waals surface area (Å²) in [6.07, 6.45) is 2.06. The van der Waals surface area contributed by atoms with E-state index in [0.29, 0.717) is 5.69 Å². The summed E-state index contributed by atoms with van der Waals surface area (Å²) in [5.41, 5.74) is 0.590. The highest BCUT2D eigenvalue weighted by Crippen LogP contribution is 2.08. The maximum atomic E-state index is 12.7. The van der Waals surface area contributed by atoms with Gasteiger partial charge in [0, 0.05) is 18.3 Å². The van der Waals surface area contributed by atoms with Crippen molar-refractivity contribution in [3.8, 4) is 0 Å². The minimum absolute atomic E-state index is 0.171. The van der Waals surface area contributed by atoms with Crippen molar-refractivity contribution in [2.45, 2.75) is 18.9 Å². The number of rotatable bonds is 2. The fourth-order valence-electron chi connectivity index (χ4n) is 1.86. The normalized spacial score (nSPS) is 19.7. The zero-order valence-electron chi connectivity index (χ0n) is 9.50. The van der Waals surface area contributed by atoms with Crippen LogP contribution in [0.1, 0.15) is 12.8 Å². The first-order valence-corrected chi connectivity index (χ1v) is 5.78. The number of amides is 2. The molecule has 0 aliphatic carbocycles. The summed E-state index contributed by atoms with van der Waals surface area (Å²) in [4.78, 5) is 11.6. The number of carbonyl (C=O) groups excluding carboxylic acids is 1. The van der Waals surface area contributed by atoms with Crippen molar-refractivity contribution >= 4 is 11.7 Å². The Morgan fingerprint density at radius 1 is 1.35 bits per heavy atom. The molecule has 1 aromatic carbocycles. The van der Waals surface area contributed by atoms with Crippen LogP contribution in [0.5, 0.6) is 0 Å². The summed E-state index contributed by atoms with van der Waals surface area (Å²) >= 11 is 0. The van der Waals surface area contributed by atoms with E-state index in [9.17, 15) is 9.18 Å². The lowest BCUT2D eigenvalue weighted by Crippen LogP contribution is -2.47. The molecule has 2 amide bonds. The average Bonchev–Trinajstić information content (AvgIpc) is 2.33. The van der Waals surface area contributed by atoms with E-state index < -0.39 is 0 Å². The maximum absolute atomic E-state index is 12.7. The molecule has 17 heavy (non-hydrogen) atoms. The molecule has 0 spiro atoms. The third kappa shape index (κ3) is 3.71. The Hall–Kier alpha value is -1.62. The molecule has 4 nitrogen and oxygen atoms in total. The lowest BCUT2D eigenvalue weighted by atomic mass is 10.1. The average molecular weight is 237 g/mol. The highest BCUT2D eigenvalue weighted by atomic mass is 19.1. The molecule has 5 heteroatoms. The molecule has 1 heterocycles. The monoisotopic (exact) mass is 237 g/mol. The zero-order chi connectivity index (χ0) is 12.1. The van der Waals surface area contributed by atoms with E-state index >= 15 is 0 Å². The smallest absolute Gasteiger partial charge is 0.319 e. The Kier molecular flexibility index (Phi) is 3.93. The molecule has 0 aromatic heterocycles. The van der Waals surface area contributed by atoms with Crippen LogP contribution in [-0.2, 0) is 0 Å². The number of carbonyl (C=O) groups is 1.